The molecule has 1 rings (SSSR count). The van der Waals surface area contributed by atoms with E-state index in [0.29, 0.717) is 0 Å². The fourth-order valence-corrected chi connectivity index (χ4v) is 1.40. The highest BCUT2D eigenvalue weighted by atomic mass is 15.3. The quantitative estimate of drug-likeness (QED) is 0.584. The van der Waals surface area contributed by atoms with Crippen LogP contribution in [0.3, 0.4) is 0 Å². The predicted octanol–water partition coefficient (Wildman–Crippen LogP) is 2.42. The molecule has 1 aliphatic rings. The lowest BCUT2D eigenvalue weighted by Crippen LogP contribution is -2.41. The van der Waals surface area contributed by atoms with Gasteiger partial charge >= 0.3 is 0 Å². The summed E-state index contributed by atoms with van der Waals surface area (Å²) in [6.07, 6.45) is 5.10. The van der Waals surface area contributed by atoms with Gasteiger partial charge < -0.3 is 4.90 Å². The van der Waals surface area contributed by atoms with Gasteiger partial charge in [0.1, 0.15) is 6.67 Å². The Hall–Kier alpha value is -0.790. The van der Waals surface area contributed by atoms with E-state index in [1.54, 1.807) is 0 Å². The van der Waals surface area contributed by atoms with E-state index in [1.165, 1.54) is 5.70 Å². The fraction of sp³-hybridized carbons (Fsp3) is 0.700. The van der Waals surface area contributed by atoms with E-state index < -0.39 is 0 Å². The van der Waals surface area contributed by atoms with Crippen LogP contribution in [0, 0.1) is 0 Å². The van der Waals surface area contributed by atoms with Crippen LogP contribution in [-0.4, -0.2) is 23.3 Å². The molecule has 0 N–H and O–H groups in total. The fourth-order valence-electron chi connectivity index (χ4n) is 1.40. The highest BCUT2D eigenvalue weighted by Crippen LogP contribution is 2.22. The monoisotopic (exact) mass is 166 g/mol. The van der Waals surface area contributed by atoms with E-state index in [2.05, 4.69) is 43.7 Å². The number of allylic oxidation sites excluding steroid dienone is 2. The zero-order valence-electron chi connectivity index (χ0n) is 8.46. The molecule has 1 heterocycles. The molecule has 0 bridgehead atoms. The molecule has 0 radical (unpaired) electrons. The Morgan fingerprint density at radius 2 is 2.17 bits per heavy atom. The van der Waals surface area contributed by atoms with Gasteiger partial charge in [0, 0.05) is 17.5 Å². The SMILES string of the molecule is CCC1=CC=NCN1C(C)(C)C. The summed E-state index contributed by atoms with van der Waals surface area (Å²) in [7, 11) is 0. The number of hydrogen-bond donors (Lipinski definition) is 0. The maximum Gasteiger partial charge on any atom is 0.110 e. The third kappa shape index (κ3) is 1.87. The smallest absolute Gasteiger partial charge is 0.110 e. The van der Waals surface area contributed by atoms with Crippen LogP contribution in [-0.2, 0) is 0 Å². The summed E-state index contributed by atoms with van der Waals surface area (Å²) in [5.74, 6) is 0. The van der Waals surface area contributed by atoms with Gasteiger partial charge in [-0.3, -0.25) is 4.99 Å². The number of aliphatic imine (C=N–C) groups is 1. The zero-order valence-corrected chi connectivity index (χ0v) is 8.46. The van der Waals surface area contributed by atoms with E-state index in [9.17, 15) is 0 Å². The Morgan fingerprint density at radius 1 is 1.50 bits per heavy atom. The summed E-state index contributed by atoms with van der Waals surface area (Å²) in [6.45, 7) is 9.65. The standard InChI is InChI=1S/C10H18N2/c1-5-9-6-7-11-8-12(9)10(2,3)4/h6-7H,5,8H2,1-4H3. The van der Waals surface area contributed by atoms with Gasteiger partial charge in [-0.15, -0.1) is 0 Å². The molecule has 0 aromatic heterocycles. The summed E-state index contributed by atoms with van der Waals surface area (Å²) >= 11 is 0. The van der Waals surface area contributed by atoms with Crippen molar-refractivity contribution in [2.45, 2.75) is 39.7 Å². The minimum Gasteiger partial charge on any atom is -0.351 e. The first-order chi connectivity index (χ1) is 5.55. The van der Waals surface area contributed by atoms with Gasteiger partial charge in [0.25, 0.3) is 0 Å². The number of nitrogens with zero attached hydrogens (tertiary/aromatic N) is 2. The largest absolute Gasteiger partial charge is 0.351 e. The molecule has 0 aliphatic carbocycles. The Bertz CT molecular complexity index is 208. The Kier molecular flexibility index (Phi) is 2.55. The molecular weight excluding hydrogens is 148 g/mol. The third-order valence-corrected chi connectivity index (χ3v) is 2.11. The van der Waals surface area contributed by atoms with Gasteiger partial charge in [0.15, 0.2) is 0 Å². The topological polar surface area (TPSA) is 15.6 Å². The minimum absolute atomic E-state index is 0.194. The van der Waals surface area contributed by atoms with Crippen LogP contribution >= 0.6 is 0 Å². The van der Waals surface area contributed by atoms with Crippen LogP contribution in [0.5, 0.6) is 0 Å². The minimum atomic E-state index is 0.194. The van der Waals surface area contributed by atoms with Crippen molar-refractivity contribution in [1.29, 1.82) is 0 Å². The molecule has 0 unspecified atom stereocenters. The van der Waals surface area contributed by atoms with Crippen LogP contribution in [0.25, 0.3) is 0 Å². The summed E-state index contributed by atoms with van der Waals surface area (Å²) < 4.78 is 0. The van der Waals surface area contributed by atoms with Crippen molar-refractivity contribution in [3.63, 3.8) is 0 Å². The zero-order chi connectivity index (χ0) is 9.19. The maximum absolute atomic E-state index is 4.25. The lowest BCUT2D eigenvalue weighted by molar-refractivity contribution is 0.184. The second-order valence-electron chi connectivity index (χ2n) is 4.08. The van der Waals surface area contributed by atoms with Gasteiger partial charge in [0.2, 0.25) is 0 Å². The van der Waals surface area contributed by atoms with Crippen LogP contribution in [0.2, 0.25) is 0 Å². The molecule has 1 aliphatic heterocycles. The summed E-state index contributed by atoms with van der Waals surface area (Å²) in [6, 6.07) is 0. The molecule has 0 aromatic rings. The van der Waals surface area contributed by atoms with Crippen molar-refractivity contribution in [2.24, 2.45) is 4.99 Å². The molecule has 0 saturated carbocycles. The lowest BCUT2D eigenvalue weighted by atomic mass is 10.0. The molecule has 0 atom stereocenters. The molecule has 2 nitrogen and oxygen atoms in total. The predicted molar refractivity (Wildman–Crippen MR) is 53.3 cm³/mol. The normalized spacial score (nSPS) is 18.0. The second-order valence-corrected chi connectivity index (χ2v) is 4.08. The van der Waals surface area contributed by atoms with Crippen molar-refractivity contribution >= 4 is 6.21 Å². The van der Waals surface area contributed by atoms with Gasteiger partial charge in [-0.2, -0.15) is 0 Å². The summed E-state index contributed by atoms with van der Waals surface area (Å²) in [5, 5.41) is 0. The molecule has 0 saturated heterocycles. The van der Waals surface area contributed by atoms with Crippen molar-refractivity contribution in [3.8, 4) is 0 Å². The van der Waals surface area contributed by atoms with Crippen LogP contribution in [0.15, 0.2) is 16.8 Å². The molecular formula is C10H18N2. The molecule has 68 valence electrons. The number of hydrogen-bond acceptors (Lipinski definition) is 2. The average molecular weight is 166 g/mol. The first-order valence-electron chi connectivity index (χ1n) is 4.52. The second kappa shape index (κ2) is 3.30. The van der Waals surface area contributed by atoms with Crippen molar-refractivity contribution < 1.29 is 0 Å². The Morgan fingerprint density at radius 3 is 2.58 bits per heavy atom. The van der Waals surface area contributed by atoms with Crippen LogP contribution in [0.4, 0.5) is 0 Å². The molecule has 12 heavy (non-hydrogen) atoms. The lowest BCUT2D eigenvalue weighted by Gasteiger charge is -2.39. The van der Waals surface area contributed by atoms with Gasteiger partial charge in [-0.05, 0) is 33.3 Å². The van der Waals surface area contributed by atoms with Crippen molar-refractivity contribution in [1.82, 2.24) is 4.90 Å². The van der Waals surface area contributed by atoms with Gasteiger partial charge in [0.05, 0.1) is 0 Å². The highest BCUT2D eigenvalue weighted by Gasteiger charge is 2.22. The van der Waals surface area contributed by atoms with E-state index in [-0.39, 0.29) is 5.54 Å². The highest BCUT2D eigenvalue weighted by molar-refractivity contribution is 5.72. The first kappa shape index (κ1) is 9.30. The Labute approximate surface area is 75.0 Å². The summed E-state index contributed by atoms with van der Waals surface area (Å²) in [4.78, 5) is 6.59. The molecule has 0 spiro atoms. The van der Waals surface area contributed by atoms with Crippen molar-refractivity contribution in [2.75, 3.05) is 6.67 Å². The molecule has 0 fully saturated rings. The average Bonchev–Trinajstić information content (AvgIpc) is 2.03. The number of rotatable bonds is 1. The van der Waals surface area contributed by atoms with Crippen LogP contribution in [0.1, 0.15) is 34.1 Å². The summed E-state index contributed by atoms with van der Waals surface area (Å²) in [5.41, 5.74) is 1.58. The molecule has 2 heteroatoms. The van der Waals surface area contributed by atoms with E-state index in [1.807, 2.05) is 6.21 Å². The first-order valence-corrected chi connectivity index (χ1v) is 4.52. The van der Waals surface area contributed by atoms with Gasteiger partial charge in [-0.1, -0.05) is 6.92 Å². The van der Waals surface area contributed by atoms with E-state index >= 15 is 0 Å². The van der Waals surface area contributed by atoms with E-state index in [4.69, 9.17) is 0 Å². The van der Waals surface area contributed by atoms with Crippen LogP contribution < -0.4 is 0 Å². The maximum atomic E-state index is 4.25. The molecule has 0 aromatic carbocycles. The van der Waals surface area contributed by atoms with Gasteiger partial charge in [-0.25, -0.2) is 0 Å². The van der Waals surface area contributed by atoms with Crippen molar-refractivity contribution in [3.05, 3.63) is 11.8 Å². The Balaban J connectivity index is 2.79. The third-order valence-electron chi connectivity index (χ3n) is 2.11. The van der Waals surface area contributed by atoms with E-state index in [0.717, 1.165) is 13.1 Å². The molecule has 0 amide bonds.